The van der Waals surface area contributed by atoms with Crippen molar-refractivity contribution in [3.8, 4) is 0 Å². The monoisotopic (exact) mass is 352 g/mol. The average molecular weight is 352 g/mol. The van der Waals surface area contributed by atoms with Crippen molar-refractivity contribution < 1.29 is 4.79 Å². The van der Waals surface area contributed by atoms with Gasteiger partial charge in [-0.05, 0) is 42.4 Å². The van der Waals surface area contributed by atoms with Gasteiger partial charge in [-0.15, -0.1) is 0 Å². The van der Waals surface area contributed by atoms with Crippen LogP contribution in [0, 0.1) is 11.8 Å². The lowest BCUT2D eigenvalue weighted by atomic mass is 9.91. The smallest absolute Gasteiger partial charge is 0.229 e. The van der Waals surface area contributed by atoms with E-state index in [9.17, 15) is 4.79 Å². The molecular weight excluding hydrogens is 324 g/mol. The van der Waals surface area contributed by atoms with Crippen molar-refractivity contribution in [3.05, 3.63) is 34.9 Å². The average Bonchev–Trinajstić information content (AvgIpc) is 2.81. The van der Waals surface area contributed by atoms with Gasteiger partial charge in [0.25, 0.3) is 0 Å². The first-order valence-electron chi connectivity index (χ1n) is 9.90. The molecule has 1 amide bonds. The highest BCUT2D eigenvalue weighted by Gasteiger charge is 2.26. The number of benzene rings is 1. The second-order valence-electron chi connectivity index (χ2n) is 7.86. The van der Waals surface area contributed by atoms with E-state index in [1.54, 1.807) is 12.4 Å². The maximum Gasteiger partial charge on any atom is 0.229 e. The van der Waals surface area contributed by atoms with Crippen LogP contribution < -0.4 is 5.32 Å². The van der Waals surface area contributed by atoms with Crippen LogP contribution >= 0.6 is 0 Å². The third kappa shape index (κ3) is 3.73. The van der Waals surface area contributed by atoms with Gasteiger partial charge in [0.05, 0.1) is 5.92 Å². The van der Waals surface area contributed by atoms with E-state index in [4.69, 9.17) is 0 Å². The highest BCUT2D eigenvalue weighted by Crippen LogP contribution is 2.27. The Morgan fingerprint density at radius 1 is 1.15 bits per heavy atom. The highest BCUT2D eigenvalue weighted by molar-refractivity contribution is 5.97. The van der Waals surface area contributed by atoms with Crippen molar-refractivity contribution in [2.75, 3.05) is 13.1 Å². The summed E-state index contributed by atoms with van der Waals surface area (Å²) in [5, 5.41) is 10.8. The Bertz CT molecular complexity index is 723. The van der Waals surface area contributed by atoms with E-state index in [0.717, 1.165) is 18.9 Å². The molecule has 26 heavy (non-hydrogen) atoms. The van der Waals surface area contributed by atoms with Gasteiger partial charge in [-0.25, -0.2) is 0 Å². The van der Waals surface area contributed by atoms with Gasteiger partial charge in [0.15, 0.2) is 0 Å². The summed E-state index contributed by atoms with van der Waals surface area (Å²) < 4.78 is 0. The lowest BCUT2D eigenvalue weighted by Crippen LogP contribution is -2.41. The molecule has 5 nitrogen and oxygen atoms in total. The Hall–Kier alpha value is -2.01. The number of nitrogens with zero attached hydrogens (tertiary/aromatic N) is 3. The standard InChI is InChI=1S/C21H28N4O/c1-15-12-23-24-14-20(15)21(26)22-13-16-5-6-17-7-9-25(19-3-2-4-19)10-8-18(17)11-16/h5-6,11-12,14-15,19-20H,2-4,7-10,13H2,1H3,(H,22,26). The zero-order chi connectivity index (χ0) is 17.9. The first-order chi connectivity index (χ1) is 12.7. The van der Waals surface area contributed by atoms with Gasteiger partial charge in [0, 0.05) is 44.0 Å². The molecule has 1 aromatic carbocycles. The molecule has 3 aliphatic rings. The Morgan fingerprint density at radius 2 is 1.92 bits per heavy atom. The molecule has 0 saturated heterocycles. The van der Waals surface area contributed by atoms with E-state index in [0.29, 0.717) is 6.54 Å². The van der Waals surface area contributed by atoms with Gasteiger partial charge < -0.3 is 5.32 Å². The summed E-state index contributed by atoms with van der Waals surface area (Å²) in [5.74, 6) is -0.0973. The van der Waals surface area contributed by atoms with Crippen LogP contribution in [0.2, 0.25) is 0 Å². The van der Waals surface area contributed by atoms with Gasteiger partial charge in [0.2, 0.25) is 5.91 Å². The molecule has 1 N–H and O–H groups in total. The quantitative estimate of drug-likeness (QED) is 0.905. The van der Waals surface area contributed by atoms with Crippen molar-refractivity contribution in [2.24, 2.45) is 22.0 Å². The summed E-state index contributed by atoms with van der Waals surface area (Å²) in [6.07, 6.45) is 9.80. The van der Waals surface area contributed by atoms with Crippen LogP contribution in [-0.2, 0) is 24.2 Å². The van der Waals surface area contributed by atoms with Gasteiger partial charge in [-0.2, -0.15) is 10.2 Å². The molecule has 2 atom stereocenters. The summed E-state index contributed by atoms with van der Waals surface area (Å²) in [7, 11) is 0. The normalized spacial score (nSPS) is 26.0. The van der Waals surface area contributed by atoms with Crippen LogP contribution in [0.4, 0.5) is 0 Å². The topological polar surface area (TPSA) is 57.1 Å². The molecule has 138 valence electrons. The minimum atomic E-state index is -0.218. The Morgan fingerprint density at radius 3 is 2.65 bits per heavy atom. The van der Waals surface area contributed by atoms with Crippen molar-refractivity contribution in [1.29, 1.82) is 0 Å². The second-order valence-corrected chi connectivity index (χ2v) is 7.86. The number of nitrogens with one attached hydrogen (secondary N) is 1. The number of fused-ring (bicyclic) bond motifs is 1. The van der Waals surface area contributed by atoms with Crippen molar-refractivity contribution in [1.82, 2.24) is 10.2 Å². The SMILES string of the molecule is CC1C=NN=CC1C(=O)NCc1ccc2c(c1)CCN(C1CCC1)CC2. The fourth-order valence-corrected chi connectivity index (χ4v) is 4.12. The summed E-state index contributed by atoms with van der Waals surface area (Å²) in [6, 6.07) is 7.54. The van der Waals surface area contributed by atoms with Gasteiger partial charge in [-0.3, -0.25) is 9.69 Å². The molecular formula is C21H28N4O. The minimum Gasteiger partial charge on any atom is -0.351 e. The molecule has 2 heterocycles. The van der Waals surface area contributed by atoms with Gasteiger partial charge >= 0.3 is 0 Å². The summed E-state index contributed by atoms with van der Waals surface area (Å²) in [5.41, 5.74) is 4.12. The molecule has 0 spiro atoms. The molecule has 5 heteroatoms. The molecule has 1 aromatic rings. The van der Waals surface area contributed by atoms with E-state index >= 15 is 0 Å². The molecule has 2 aliphatic heterocycles. The minimum absolute atomic E-state index is 0.0264. The summed E-state index contributed by atoms with van der Waals surface area (Å²) in [6.45, 7) is 4.93. The molecule has 1 fully saturated rings. The van der Waals surface area contributed by atoms with Crippen LogP contribution in [0.15, 0.2) is 28.4 Å². The number of carbonyl (C=O) groups is 1. The third-order valence-electron chi connectivity index (χ3n) is 6.13. The largest absolute Gasteiger partial charge is 0.351 e. The zero-order valence-corrected chi connectivity index (χ0v) is 15.5. The van der Waals surface area contributed by atoms with Crippen molar-refractivity contribution >= 4 is 18.3 Å². The molecule has 1 saturated carbocycles. The predicted octanol–water partition coefficient (Wildman–Crippen LogP) is 2.58. The lowest BCUT2D eigenvalue weighted by Gasteiger charge is -2.36. The van der Waals surface area contributed by atoms with Crippen LogP contribution in [0.25, 0.3) is 0 Å². The predicted molar refractivity (Wildman–Crippen MR) is 105 cm³/mol. The molecule has 0 aromatic heterocycles. The number of carbonyl (C=O) groups excluding carboxylic acids is 1. The first kappa shape index (κ1) is 17.4. The molecule has 4 rings (SSSR count). The van der Waals surface area contributed by atoms with E-state index in [-0.39, 0.29) is 17.7 Å². The fraction of sp³-hybridized carbons (Fsp3) is 0.571. The van der Waals surface area contributed by atoms with E-state index < -0.39 is 0 Å². The summed E-state index contributed by atoms with van der Waals surface area (Å²) in [4.78, 5) is 15.1. The second kappa shape index (κ2) is 7.70. The van der Waals surface area contributed by atoms with E-state index in [2.05, 4.69) is 38.6 Å². The van der Waals surface area contributed by atoms with E-state index in [1.165, 1.54) is 49.0 Å². The molecule has 2 unspecified atom stereocenters. The molecule has 0 radical (unpaired) electrons. The van der Waals surface area contributed by atoms with Crippen LogP contribution in [0.5, 0.6) is 0 Å². The van der Waals surface area contributed by atoms with Crippen molar-refractivity contribution in [2.45, 2.75) is 51.6 Å². The molecule has 1 aliphatic carbocycles. The number of hydrogen-bond donors (Lipinski definition) is 1. The summed E-state index contributed by atoms with van der Waals surface area (Å²) >= 11 is 0. The Kier molecular flexibility index (Phi) is 5.16. The van der Waals surface area contributed by atoms with Gasteiger partial charge in [0.1, 0.15) is 0 Å². The van der Waals surface area contributed by atoms with Gasteiger partial charge in [-0.1, -0.05) is 31.5 Å². The maximum atomic E-state index is 12.4. The van der Waals surface area contributed by atoms with Crippen LogP contribution in [-0.4, -0.2) is 42.4 Å². The fourth-order valence-electron chi connectivity index (χ4n) is 4.12. The third-order valence-corrected chi connectivity index (χ3v) is 6.13. The van der Waals surface area contributed by atoms with Crippen LogP contribution in [0.3, 0.4) is 0 Å². The number of hydrogen-bond acceptors (Lipinski definition) is 4. The van der Waals surface area contributed by atoms with Crippen molar-refractivity contribution in [3.63, 3.8) is 0 Å². The first-order valence-corrected chi connectivity index (χ1v) is 9.90. The maximum absolute atomic E-state index is 12.4. The number of rotatable bonds is 4. The number of amides is 1. The molecule has 0 bridgehead atoms. The van der Waals surface area contributed by atoms with E-state index in [1.807, 2.05) is 6.92 Å². The van der Waals surface area contributed by atoms with Crippen LogP contribution in [0.1, 0.15) is 42.9 Å². The lowest BCUT2D eigenvalue weighted by molar-refractivity contribution is -0.123. The Labute approximate surface area is 155 Å². The highest BCUT2D eigenvalue weighted by atomic mass is 16.1. The zero-order valence-electron chi connectivity index (χ0n) is 15.5. The Balaban J connectivity index is 1.36.